The van der Waals surface area contributed by atoms with Gasteiger partial charge < -0.3 is 5.73 Å². The SMILES string of the molecule is NCCc1nnc2n1-c1ccccc1C=NC2c1ccccc1. The largest absolute Gasteiger partial charge is 0.330 e. The van der Waals surface area contributed by atoms with E-state index in [4.69, 9.17) is 10.7 Å². The molecule has 5 heteroatoms. The predicted octanol–water partition coefficient (Wildman–Crippen LogP) is 2.29. The zero-order chi connectivity index (χ0) is 15.6. The first-order valence-electron chi connectivity index (χ1n) is 7.70. The Balaban J connectivity index is 1.95. The minimum absolute atomic E-state index is 0.164. The van der Waals surface area contributed by atoms with Crippen molar-refractivity contribution in [2.75, 3.05) is 6.54 Å². The van der Waals surface area contributed by atoms with E-state index in [2.05, 4.69) is 39.0 Å². The second-order valence-electron chi connectivity index (χ2n) is 5.50. The lowest BCUT2D eigenvalue weighted by atomic mass is 10.1. The molecule has 114 valence electrons. The summed E-state index contributed by atoms with van der Waals surface area (Å²) in [5.41, 5.74) is 8.96. The average Bonchev–Trinajstić information content (AvgIpc) is 2.92. The van der Waals surface area contributed by atoms with Gasteiger partial charge in [0.1, 0.15) is 11.9 Å². The summed E-state index contributed by atoms with van der Waals surface area (Å²) in [4.78, 5) is 4.77. The number of nitrogens with zero attached hydrogens (tertiary/aromatic N) is 4. The first-order chi connectivity index (χ1) is 11.4. The molecule has 0 fully saturated rings. The third kappa shape index (κ3) is 2.35. The fraction of sp³-hybridized carbons (Fsp3) is 0.167. The smallest absolute Gasteiger partial charge is 0.167 e. The van der Waals surface area contributed by atoms with Crippen molar-refractivity contribution in [2.24, 2.45) is 10.7 Å². The number of rotatable bonds is 3. The van der Waals surface area contributed by atoms with E-state index in [1.54, 1.807) is 0 Å². The van der Waals surface area contributed by atoms with Gasteiger partial charge in [0.25, 0.3) is 0 Å². The van der Waals surface area contributed by atoms with E-state index in [-0.39, 0.29) is 6.04 Å². The van der Waals surface area contributed by atoms with Crippen LogP contribution in [0.4, 0.5) is 0 Å². The zero-order valence-electron chi connectivity index (χ0n) is 12.6. The van der Waals surface area contributed by atoms with Crippen LogP contribution in [0.25, 0.3) is 5.69 Å². The molecule has 1 aliphatic rings. The molecule has 0 saturated heterocycles. The lowest BCUT2D eigenvalue weighted by Gasteiger charge is -2.14. The normalized spacial score (nSPS) is 15.8. The van der Waals surface area contributed by atoms with Gasteiger partial charge >= 0.3 is 0 Å². The minimum atomic E-state index is -0.164. The Morgan fingerprint density at radius 1 is 0.957 bits per heavy atom. The minimum Gasteiger partial charge on any atom is -0.330 e. The van der Waals surface area contributed by atoms with Crippen molar-refractivity contribution in [1.82, 2.24) is 14.8 Å². The molecule has 1 atom stereocenters. The van der Waals surface area contributed by atoms with E-state index in [0.717, 1.165) is 28.5 Å². The van der Waals surface area contributed by atoms with Crippen LogP contribution in [0, 0.1) is 0 Å². The highest BCUT2D eigenvalue weighted by Crippen LogP contribution is 2.31. The van der Waals surface area contributed by atoms with Crippen LogP contribution in [0.5, 0.6) is 0 Å². The molecule has 0 spiro atoms. The maximum Gasteiger partial charge on any atom is 0.167 e. The molecule has 0 aliphatic carbocycles. The molecule has 3 aromatic rings. The Kier molecular flexibility index (Phi) is 3.48. The van der Waals surface area contributed by atoms with Crippen LogP contribution in [-0.2, 0) is 6.42 Å². The summed E-state index contributed by atoms with van der Waals surface area (Å²) in [6.07, 6.45) is 2.61. The molecule has 1 aliphatic heterocycles. The van der Waals surface area contributed by atoms with Gasteiger partial charge in [-0.15, -0.1) is 10.2 Å². The van der Waals surface area contributed by atoms with Gasteiger partial charge in [-0.25, -0.2) is 0 Å². The van der Waals surface area contributed by atoms with Crippen molar-refractivity contribution in [3.05, 3.63) is 77.4 Å². The molecule has 1 aromatic heterocycles. The summed E-state index contributed by atoms with van der Waals surface area (Å²) in [5.74, 6) is 1.71. The number of nitrogens with two attached hydrogens (primary N) is 1. The van der Waals surface area contributed by atoms with Gasteiger partial charge in [-0.05, 0) is 18.2 Å². The highest BCUT2D eigenvalue weighted by atomic mass is 15.3. The molecule has 5 nitrogen and oxygen atoms in total. The van der Waals surface area contributed by atoms with Crippen molar-refractivity contribution < 1.29 is 0 Å². The highest BCUT2D eigenvalue weighted by molar-refractivity contribution is 5.86. The second kappa shape index (κ2) is 5.78. The van der Waals surface area contributed by atoms with Crippen molar-refractivity contribution in [1.29, 1.82) is 0 Å². The standard InChI is InChI=1S/C18H17N5/c19-11-10-16-21-22-18-17(13-6-2-1-3-7-13)20-12-14-8-4-5-9-15(14)23(16)18/h1-9,12,17H,10-11,19H2. The van der Waals surface area contributed by atoms with E-state index in [9.17, 15) is 0 Å². The third-order valence-electron chi connectivity index (χ3n) is 4.02. The Morgan fingerprint density at radius 3 is 2.57 bits per heavy atom. The average molecular weight is 303 g/mol. The molecule has 2 aromatic carbocycles. The summed E-state index contributed by atoms with van der Waals surface area (Å²) >= 11 is 0. The fourth-order valence-corrected chi connectivity index (χ4v) is 2.95. The number of aliphatic imine (C=N–C) groups is 1. The summed E-state index contributed by atoms with van der Waals surface area (Å²) in [5, 5.41) is 8.80. The summed E-state index contributed by atoms with van der Waals surface area (Å²) in [7, 11) is 0. The number of benzene rings is 2. The number of para-hydroxylation sites is 1. The first-order valence-corrected chi connectivity index (χ1v) is 7.70. The van der Waals surface area contributed by atoms with Gasteiger partial charge in [-0.2, -0.15) is 0 Å². The van der Waals surface area contributed by atoms with E-state index >= 15 is 0 Å². The van der Waals surface area contributed by atoms with Crippen LogP contribution in [0.2, 0.25) is 0 Å². The number of hydrogen-bond donors (Lipinski definition) is 1. The lowest BCUT2D eigenvalue weighted by molar-refractivity contribution is 0.750. The van der Waals surface area contributed by atoms with Crippen LogP contribution in [0.15, 0.2) is 59.6 Å². The molecular weight excluding hydrogens is 286 g/mol. The molecule has 1 unspecified atom stereocenters. The summed E-state index contributed by atoms with van der Waals surface area (Å²) < 4.78 is 2.10. The van der Waals surface area contributed by atoms with Crippen molar-refractivity contribution in [2.45, 2.75) is 12.5 Å². The van der Waals surface area contributed by atoms with Crippen LogP contribution in [0.1, 0.15) is 28.8 Å². The van der Waals surface area contributed by atoms with E-state index < -0.39 is 0 Å². The van der Waals surface area contributed by atoms with Gasteiger partial charge in [0.05, 0.1) is 5.69 Å². The van der Waals surface area contributed by atoms with E-state index in [1.807, 2.05) is 36.5 Å². The highest BCUT2D eigenvalue weighted by Gasteiger charge is 2.25. The third-order valence-corrected chi connectivity index (χ3v) is 4.02. The van der Waals surface area contributed by atoms with Crippen LogP contribution in [0.3, 0.4) is 0 Å². The molecular formula is C18H17N5. The molecule has 2 N–H and O–H groups in total. The number of hydrogen-bond acceptors (Lipinski definition) is 4. The maximum absolute atomic E-state index is 5.75. The van der Waals surface area contributed by atoms with Crippen LogP contribution in [-0.4, -0.2) is 27.5 Å². The second-order valence-corrected chi connectivity index (χ2v) is 5.50. The Hall–Kier alpha value is -2.79. The molecule has 0 radical (unpaired) electrons. The molecule has 0 amide bonds. The molecule has 4 rings (SSSR count). The van der Waals surface area contributed by atoms with Gasteiger partial charge in [0, 0.05) is 18.2 Å². The lowest BCUT2D eigenvalue weighted by Crippen LogP contribution is -2.12. The topological polar surface area (TPSA) is 69.1 Å². The molecule has 0 saturated carbocycles. The predicted molar refractivity (Wildman–Crippen MR) is 90.0 cm³/mol. The van der Waals surface area contributed by atoms with Gasteiger partial charge in [-0.1, -0.05) is 48.5 Å². The zero-order valence-corrected chi connectivity index (χ0v) is 12.6. The molecule has 23 heavy (non-hydrogen) atoms. The van der Waals surface area contributed by atoms with E-state index in [1.165, 1.54) is 0 Å². The Morgan fingerprint density at radius 2 is 1.74 bits per heavy atom. The first kappa shape index (κ1) is 13.8. The Labute approximate surface area is 134 Å². The summed E-state index contributed by atoms with van der Waals surface area (Å²) in [6, 6.07) is 18.2. The van der Waals surface area contributed by atoms with Crippen molar-refractivity contribution >= 4 is 6.21 Å². The number of fused-ring (bicyclic) bond motifs is 3. The van der Waals surface area contributed by atoms with Gasteiger partial charge in [-0.3, -0.25) is 9.56 Å². The number of aromatic nitrogens is 3. The maximum atomic E-state index is 5.75. The quantitative estimate of drug-likeness (QED) is 0.807. The van der Waals surface area contributed by atoms with Crippen molar-refractivity contribution in [3.8, 4) is 5.69 Å². The summed E-state index contributed by atoms with van der Waals surface area (Å²) in [6.45, 7) is 0.539. The fourth-order valence-electron chi connectivity index (χ4n) is 2.95. The van der Waals surface area contributed by atoms with Crippen molar-refractivity contribution in [3.63, 3.8) is 0 Å². The van der Waals surface area contributed by atoms with Crippen LogP contribution < -0.4 is 5.73 Å². The molecule has 2 heterocycles. The monoisotopic (exact) mass is 303 g/mol. The van der Waals surface area contributed by atoms with Crippen LogP contribution >= 0.6 is 0 Å². The van der Waals surface area contributed by atoms with Gasteiger partial charge in [0.2, 0.25) is 0 Å². The van der Waals surface area contributed by atoms with E-state index in [0.29, 0.717) is 13.0 Å². The molecule has 0 bridgehead atoms. The Bertz CT molecular complexity index is 851. The van der Waals surface area contributed by atoms with Gasteiger partial charge in [0.15, 0.2) is 5.82 Å².